The molecular weight excluding hydrogens is 302 g/mol. The maximum absolute atomic E-state index is 11.6. The first-order chi connectivity index (χ1) is 11.6. The van der Waals surface area contributed by atoms with Crippen molar-refractivity contribution >= 4 is 16.7 Å². The monoisotopic (exact) mass is 321 g/mol. The lowest BCUT2D eigenvalue weighted by Gasteiger charge is -2.13. The van der Waals surface area contributed by atoms with Crippen LogP contribution in [0.1, 0.15) is 28.5 Å². The number of rotatable bonds is 5. The summed E-state index contributed by atoms with van der Waals surface area (Å²) in [4.78, 5) is 16.2. The normalized spacial score (nSPS) is 10.6. The molecule has 2 aromatic carbocycles. The Morgan fingerprint density at radius 2 is 1.92 bits per heavy atom. The van der Waals surface area contributed by atoms with E-state index in [-0.39, 0.29) is 5.78 Å². The first kappa shape index (κ1) is 16.0. The van der Waals surface area contributed by atoms with Crippen LogP contribution < -0.4 is 9.47 Å². The van der Waals surface area contributed by atoms with Crippen LogP contribution in [0.4, 0.5) is 0 Å². The van der Waals surface area contributed by atoms with E-state index in [1.807, 2.05) is 43.3 Å². The second-order valence-corrected chi connectivity index (χ2v) is 5.65. The van der Waals surface area contributed by atoms with Gasteiger partial charge in [0.15, 0.2) is 5.78 Å². The molecule has 0 aliphatic heterocycles. The van der Waals surface area contributed by atoms with E-state index in [9.17, 15) is 4.79 Å². The van der Waals surface area contributed by atoms with Crippen LogP contribution in [0.5, 0.6) is 11.5 Å². The zero-order valence-corrected chi connectivity index (χ0v) is 14.0. The fourth-order valence-corrected chi connectivity index (χ4v) is 2.60. The van der Waals surface area contributed by atoms with Crippen molar-refractivity contribution in [3.63, 3.8) is 0 Å². The Balaban J connectivity index is 1.92. The number of pyridine rings is 1. The third-order valence-corrected chi connectivity index (χ3v) is 3.89. The third-order valence-electron chi connectivity index (χ3n) is 3.89. The van der Waals surface area contributed by atoms with Crippen LogP contribution in [0.2, 0.25) is 0 Å². The number of fused-ring (bicyclic) bond motifs is 1. The number of ketones is 1. The molecule has 4 nitrogen and oxygen atoms in total. The van der Waals surface area contributed by atoms with Gasteiger partial charge >= 0.3 is 0 Å². The molecule has 0 amide bonds. The summed E-state index contributed by atoms with van der Waals surface area (Å²) in [6.07, 6.45) is 0. The van der Waals surface area contributed by atoms with Crippen molar-refractivity contribution in [3.05, 3.63) is 65.4 Å². The Morgan fingerprint density at radius 3 is 2.67 bits per heavy atom. The first-order valence-corrected chi connectivity index (χ1v) is 7.75. The topological polar surface area (TPSA) is 48.4 Å². The molecule has 0 spiro atoms. The summed E-state index contributed by atoms with van der Waals surface area (Å²) in [6.45, 7) is 3.80. The van der Waals surface area contributed by atoms with Crippen LogP contribution in [0.15, 0.2) is 48.5 Å². The maximum Gasteiger partial charge on any atom is 0.159 e. The van der Waals surface area contributed by atoms with E-state index in [0.717, 1.165) is 22.2 Å². The highest BCUT2D eigenvalue weighted by Crippen LogP contribution is 2.27. The first-order valence-electron chi connectivity index (χ1n) is 7.75. The van der Waals surface area contributed by atoms with E-state index < -0.39 is 0 Å². The van der Waals surface area contributed by atoms with Gasteiger partial charge in [0.2, 0.25) is 0 Å². The van der Waals surface area contributed by atoms with Crippen LogP contribution in [0, 0.1) is 6.92 Å². The molecule has 4 heteroatoms. The number of methoxy groups -OCH3 is 1. The number of Topliss-reactive ketones (excluding diaryl/α,β-unsaturated/α-hetero) is 1. The van der Waals surface area contributed by atoms with Crippen LogP contribution in [-0.4, -0.2) is 17.9 Å². The number of hydrogen-bond acceptors (Lipinski definition) is 4. The fraction of sp³-hybridized carbons (Fsp3) is 0.200. The van der Waals surface area contributed by atoms with E-state index in [2.05, 4.69) is 4.98 Å². The molecule has 0 atom stereocenters. The van der Waals surface area contributed by atoms with Crippen LogP contribution in [0.25, 0.3) is 10.9 Å². The van der Waals surface area contributed by atoms with Crippen molar-refractivity contribution in [1.82, 2.24) is 4.98 Å². The number of aromatic nitrogens is 1. The van der Waals surface area contributed by atoms with Gasteiger partial charge in [-0.25, -0.2) is 4.98 Å². The van der Waals surface area contributed by atoms with Crippen molar-refractivity contribution in [3.8, 4) is 11.5 Å². The molecule has 1 heterocycles. The smallest absolute Gasteiger partial charge is 0.159 e. The van der Waals surface area contributed by atoms with Crippen LogP contribution >= 0.6 is 0 Å². The van der Waals surface area contributed by atoms with Crippen molar-refractivity contribution < 1.29 is 14.3 Å². The summed E-state index contributed by atoms with van der Waals surface area (Å²) in [5, 5.41) is 1.03. The Hall–Kier alpha value is -2.88. The number of carbonyl (C=O) groups is 1. The highest BCUT2D eigenvalue weighted by atomic mass is 16.5. The zero-order valence-electron chi connectivity index (χ0n) is 14.0. The average molecular weight is 321 g/mol. The average Bonchev–Trinajstić information content (AvgIpc) is 2.59. The van der Waals surface area contributed by atoms with E-state index in [4.69, 9.17) is 9.47 Å². The minimum Gasteiger partial charge on any atom is -0.496 e. The van der Waals surface area contributed by atoms with Crippen molar-refractivity contribution in [2.75, 3.05) is 7.11 Å². The van der Waals surface area contributed by atoms with Crippen molar-refractivity contribution in [1.29, 1.82) is 0 Å². The van der Waals surface area contributed by atoms with Crippen LogP contribution in [0.3, 0.4) is 0 Å². The predicted molar refractivity (Wildman–Crippen MR) is 93.8 cm³/mol. The molecule has 0 saturated heterocycles. The molecule has 0 bridgehead atoms. The lowest BCUT2D eigenvalue weighted by molar-refractivity contribution is 0.101. The second kappa shape index (κ2) is 6.71. The van der Waals surface area contributed by atoms with Gasteiger partial charge < -0.3 is 9.47 Å². The minimum atomic E-state index is 0.0151. The number of para-hydroxylation sites is 1. The summed E-state index contributed by atoms with van der Waals surface area (Å²) in [6, 6.07) is 15.2. The van der Waals surface area contributed by atoms with E-state index in [0.29, 0.717) is 23.7 Å². The number of nitrogens with zero attached hydrogens (tertiary/aromatic N) is 1. The molecule has 1 aromatic heterocycles. The molecule has 0 fully saturated rings. The molecule has 0 radical (unpaired) electrons. The van der Waals surface area contributed by atoms with E-state index >= 15 is 0 Å². The number of aryl methyl sites for hydroxylation is 1. The van der Waals surface area contributed by atoms with Gasteiger partial charge in [-0.2, -0.15) is 0 Å². The Labute approximate surface area is 141 Å². The van der Waals surface area contributed by atoms with E-state index in [1.54, 1.807) is 26.2 Å². The highest BCUT2D eigenvalue weighted by molar-refractivity contribution is 5.94. The summed E-state index contributed by atoms with van der Waals surface area (Å²) >= 11 is 0. The van der Waals surface area contributed by atoms with Gasteiger partial charge in [0.05, 0.1) is 7.11 Å². The van der Waals surface area contributed by atoms with E-state index in [1.165, 1.54) is 0 Å². The Bertz CT molecular complexity index is 903. The molecule has 0 saturated carbocycles. The number of benzene rings is 2. The third kappa shape index (κ3) is 3.23. The summed E-state index contributed by atoms with van der Waals surface area (Å²) < 4.78 is 11.4. The van der Waals surface area contributed by atoms with Crippen molar-refractivity contribution in [2.24, 2.45) is 0 Å². The SMILES string of the molecule is COc1ccc(C(C)=O)cc1COc1cccc2ccc(C)nc12. The number of carbonyl (C=O) groups excluding carboxylic acids is 1. The van der Waals surface area contributed by atoms with Gasteiger partial charge in [-0.3, -0.25) is 4.79 Å². The summed E-state index contributed by atoms with van der Waals surface area (Å²) in [5.74, 6) is 1.43. The van der Waals surface area contributed by atoms with Crippen LogP contribution in [-0.2, 0) is 6.61 Å². The molecular formula is C20H19NO3. The summed E-state index contributed by atoms with van der Waals surface area (Å²) in [7, 11) is 1.61. The molecule has 0 unspecified atom stereocenters. The Morgan fingerprint density at radius 1 is 1.08 bits per heavy atom. The van der Waals surface area contributed by atoms with Gasteiger partial charge in [-0.15, -0.1) is 0 Å². The van der Waals surface area contributed by atoms with Gasteiger partial charge in [0, 0.05) is 22.2 Å². The largest absolute Gasteiger partial charge is 0.496 e. The standard InChI is InChI=1S/C20H19NO3/c1-13-7-8-15-5-4-6-19(20(15)21-13)24-12-17-11-16(14(2)22)9-10-18(17)23-3/h4-11H,12H2,1-3H3. The molecule has 3 rings (SSSR count). The van der Waals surface area contributed by atoms with Gasteiger partial charge in [0.25, 0.3) is 0 Å². The maximum atomic E-state index is 11.6. The van der Waals surface area contributed by atoms with Gasteiger partial charge in [-0.1, -0.05) is 18.2 Å². The number of hydrogen-bond donors (Lipinski definition) is 0. The quantitative estimate of drug-likeness (QED) is 0.656. The zero-order chi connectivity index (χ0) is 17.1. The molecule has 0 aliphatic rings. The molecule has 3 aromatic rings. The fourth-order valence-electron chi connectivity index (χ4n) is 2.60. The molecule has 24 heavy (non-hydrogen) atoms. The number of ether oxygens (including phenoxy) is 2. The second-order valence-electron chi connectivity index (χ2n) is 5.65. The summed E-state index contributed by atoms with van der Waals surface area (Å²) in [5.41, 5.74) is 3.24. The molecule has 0 N–H and O–H groups in total. The predicted octanol–water partition coefficient (Wildman–Crippen LogP) is 4.33. The minimum absolute atomic E-state index is 0.0151. The highest BCUT2D eigenvalue weighted by Gasteiger charge is 2.10. The van der Waals surface area contributed by atoms with Gasteiger partial charge in [0.1, 0.15) is 23.6 Å². The van der Waals surface area contributed by atoms with Gasteiger partial charge in [-0.05, 0) is 44.2 Å². The molecule has 0 aliphatic carbocycles. The Kier molecular flexibility index (Phi) is 4.47. The van der Waals surface area contributed by atoms with Crippen molar-refractivity contribution in [2.45, 2.75) is 20.5 Å². The molecule has 122 valence electrons. The lowest BCUT2D eigenvalue weighted by atomic mass is 10.1. The lowest BCUT2D eigenvalue weighted by Crippen LogP contribution is -2.02.